The molecule has 2 N–H and O–H groups in total. The summed E-state index contributed by atoms with van der Waals surface area (Å²) in [5.74, 6) is 1.14. The predicted octanol–water partition coefficient (Wildman–Crippen LogP) is 5.02. The average molecular weight is 563 g/mol. The summed E-state index contributed by atoms with van der Waals surface area (Å²) in [6.45, 7) is 0.854. The van der Waals surface area contributed by atoms with Crippen molar-refractivity contribution in [2.24, 2.45) is 0 Å². The molecule has 2 aliphatic heterocycles. The van der Waals surface area contributed by atoms with Crippen LogP contribution in [-0.2, 0) is 9.59 Å². The summed E-state index contributed by atoms with van der Waals surface area (Å²) in [5, 5.41) is 6.41. The fraction of sp³-hybridized carbons (Fsp3) is 0.214. The van der Waals surface area contributed by atoms with Crippen LogP contribution in [0, 0.1) is 0 Å². The first-order chi connectivity index (χ1) is 17.8. The third-order valence-corrected chi connectivity index (χ3v) is 6.80. The Morgan fingerprint density at radius 2 is 1.76 bits per heavy atom. The predicted molar refractivity (Wildman–Crippen MR) is 149 cm³/mol. The Kier molecular flexibility index (Phi) is 6.90. The van der Waals surface area contributed by atoms with E-state index in [1.807, 2.05) is 79.7 Å². The maximum absolute atomic E-state index is 13.2. The SMILES string of the molecule is CN(C)CCC(=O)N(C)c1ccc(NC(=C2C(=O)Nc3cc(Br)ccc32)c2ccc3c(c2)OCO3)cc1. The van der Waals surface area contributed by atoms with Crippen molar-refractivity contribution >= 4 is 56.1 Å². The number of halogens is 1. The van der Waals surface area contributed by atoms with Crippen molar-refractivity contribution in [3.8, 4) is 11.5 Å². The maximum Gasteiger partial charge on any atom is 0.258 e. The van der Waals surface area contributed by atoms with Crippen molar-refractivity contribution < 1.29 is 19.1 Å². The van der Waals surface area contributed by atoms with Crippen LogP contribution in [0.25, 0.3) is 11.3 Å². The minimum Gasteiger partial charge on any atom is -0.454 e. The first-order valence-corrected chi connectivity index (χ1v) is 12.6. The molecule has 0 bridgehead atoms. The number of carbonyl (C=O) groups is 2. The molecule has 9 heteroatoms. The van der Waals surface area contributed by atoms with Gasteiger partial charge in [-0.2, -0.15) is 0 Å². The molecule has 3 aromatic rings. The second-order valence-corrected chi connectivity index (χ2v) is 10.1. The van der Waals surface area contributed by atoms with Crippen molar-refractivity contribution in [2.45, 2.75) is 6.42 Å². The largest absolute Gasteiger partial charge is 0.454 e. The van der Waals surface area contributed by atoms with Crippen molar-refractivity contribution in [2.75, 3.05) is 50.0 Å². The third kappa shape index (κ3) is 5.19. The van der Waals surface area contributed by atoms with Crippen LogP contribution >= 0.6 is 15.9 Å². The summed E-state index contributed by atoms with van der Waals surface area (Å²) in [6, 6.07) is 18.9. The molecule has 0 spiro atoms. The van der Waals surface area contributed by atoms with Gasteiger partial charge in [-0.1, -0.05) is 22.0 Å². The lowest BCUT2D eigenvalue weighted by atomic mass is 9.99. The first kappa shape index (κ1) is 24.9. The van der Waals surface area contributed by atoms with Crippen molar-refractivity contribution in [1.29, 1.82) is 0 Å². The van der Waals surface area contributed by atoms with Gasteiger partial charge in [0.2, 0.25) is 12.7 Å². The number of hydrogen-bond donors (Lipinski definition) is 2. The topological polar surface area (TPSA) is 83.1 Å². The van der Waals surface area contributed by atoms with Crippen LogP contribution in [0.1, 0.15) is 17.5 Å². The average Bonchev–Trinajstić information content (AvgIpc) is 3.48. The summed E-state index contributed by atoms with van der Waals surface area (Å²) in [6.07, 6.45) is 0.439. The van der Waals surface area contributed by atoms with E-state index in [1.54, 1.807) is 11.9 Å². The zero-order chi connectivity index (χ0) is 26.1. The third-order valence-electron chi connectivity index (χ3n) is 6.31. The Morgan fingerprint density at radius 1 is 1.00 bits per heavy atom. The van der Waals surface area contributed by atoms with Crippen LogP contribution in [0.4, 0.5) is 17.1 Å². The molecule has 0 unspecified atom stereocenters. The van der Waals surface area contributed by atoms with Gasteiger partial charge in [-0.05, 0) is 68.7 Å². The molecule has 0 radical (unpaired) electrons. The normalized spacial score (nSPS) is 14.9. The number of anilines is 3. The van der Waals surface area contributed by atoms with Gasteiger partial charge in [-0.3, -0.25) is 9.59 Å². The lowest BCUT2D eigenvalue weighted by Crippen LogP contribution is -2.29. The highest BCUT2D eigenvalue weighted by atomic mass is 79.9. The van der Waals surface area contributed by atoms with Gasteiger partial charge in [-0.15, -0.1) is 0 Å². The molecule has 0 aromatic heterocycles. The van der Waals surface area contributed by atoms with Gasteiger partial charge in [0.15, 0.2) is 11.5 Å². The number of hydrogen-bond acceptors (Lipinski definition) is 6. The number of nitrogens with zero attached hydrogens (tertiary/aromatic N) is 2. The molecule has 0 fully saturated rings. The number of benzene rings is 3. The molecule has 0 saturated carbocycles. The lowest BCUT2D eigenvalue weighted by molar-refractivity contribution is -0.118. The minimum absolute atomic E-state index is 0.0444. The summed E-state index contributed by atoms with van der Waals surface area (Å²) in [7, 11) is 5.67. The second-order valence-electron chi connectivity index (χ2n) is 9.14. The van der Waals surface area contributed by atoms with E-state index in [2.05, 4.69) is 26.6 Å². The van der Waals surface area contributed by atoms with E-state index in [4.69, 9.17) is 9.47 Å². The first-order valence-electron chi connectivity index (χ1n) is 11.8. The fourth-order valence-electron chi connectivity index (χ4n) is 4.27. The fourth-order valence-corrected chi connectivity index (χ4v) is 4.63. The van der Waals surface area contributed by atoms with E-state index in [0.717, 1.165) is 32.7 Å². The molecule has 5 rings (SSSR count). The molecule has 3 aromatic carbocycles. The van der Waals surface area contributed by atoms with Gasteiger partial charge in [0.05, 0.1) is 17.0 Å². The molecule has 0 atom stereocenters. The quantitative estimate of drug-likeness (QED) is 0.393. The van der Waals surface area contributed by atoms with E-state index < -0.39 is 0 Å². The molecule has 37 heavy (non-hydrogen) atoms. The molecule has 0 saturated heterocycles. The Morgan fingerprint density at radius 3 is 2.51 bits per heavy atom. The van der Waals surface area contributed by atoms with Crippen LogP contribution in [-0.4, -0.2) is 51.2 Å². The molecule has 2 heterocycles. The van der Waals surface area contributed by atoms with Crippen molar-refractivity contribution in [3.05, 3.63) is 76.3 Å². The smallest absolute Gasteiger partial charge is 0.258 e. The minimum atomic E-state index is -0.198. The van der Waals surface area contributed by atoms with Gasteiger partial charge in [-0.25, -0.2) is 0 Å². The van der Waals surface area contributed by atoms with E-state index >= 15 is 0 Å². The van der Waals surface area contributed by atoms with Crippen LogP contribution in [0.3, 0.4) is 0 Å². The number of ether oxygens (including phenoxy) is 2. The van der Waals surface area contributed by atoms with E-state index in [1.165, 1.54) is 0 Å². The maximum atomic E-state index is 13.2. The standard InChI is InChI=1S/C28H27BrN4O4/c1-32(2)13-12-25(34)33(3)20-8-6-19(7-9-20)30-27(17-4-11-23-24(14-17)37-16-36-23)26-21-10-5-18(29)15-22(21)31-28(26)35/h4-11,14-15,30H,12-13,16H2,1-3H3,(H,31,35). The molecule has 190 valence electrons. The number of nitrogens with one attached hydrogen (secondary N) is 2. The highest BCUT2D eigenvalue weighted by Gasteiger charge is 2.29. The Balaban J connectivity index is 1.49. The zero-order valence-corrected chi connectivity index (χ0v) is 22.4. The van der Waals surface area contributed by atoms with E-state index in [-0.39, 0.29) is 18.6 Å². The Hall–Kier alpha value is -3.82. The summed E-state index contributed by atoms with van der Waals surface area (Å²) in [5.41, 5.74) is 5.06. The highest BCUT2D eigenvalue weighted by Crippen LogP contribution is 2.41. The zero-order valence-electron chi connectivity index (χ0n) is 20.8. The molecular weight excluding hydrogens is 536 g/mol. The van der Waals surface area contributed by atoms with Gasteiger partial charge >= 0.3 is 0 Å². The Bertz CT molecular complexity index is 1400. The molecular formula is C28H27BrN4O4. The monoisotopic (exact) mass is 562 g/mol. The van der Waals surface area contributed by atoms with E-state index in [0.29, 0.717) is 35.7 Å². The van der Waals surface area contributed by atoms with Crippen LogP contribution in [0.5, 0.6) is 11.5 Å². The summed E-state index contributed by atoms with van der Waals surface area (Å²) >= 11 is 3.48. The highest BCUT2D eigenvalue weighted by molar-refractivity contribution is 9.10. The molecule has 2 aliphatic rings. The molecule has 0 aliphatic carbocycles. The lowest BCUT2D eigenvalue weighted by Gasteiger charge is -2.20. The van der Waals surface area contributed by atoms with Crippen LogP contribution in [0.2, 0.25) is 0 Å². The summed E-state index contributed by atoms with van der Waals surface area (Å²) in [4.78, 5) is 29.4. The van der Waals surface area contributed by atoms with Crippen molar-refractivity contribution in [3.63, 3.8) is 0 Å². The molecule has 8 nitrogen and oxygen atoms in total. The van der Waals surface area contributed by atoms with Crippen molar-refractivity contribution in [1.82, 2.24) is 4.90 Å². The van der Waals surface area contributed by atoms with E-state index in [9.17, 15) is 9.59 Å². The summed E-state index contributed by atoms with van der Waals surface area (Å²) < 4.78 is 11.9. The Labute approximate surface area is 224 Å². The number of carbonyl (C=O) groups excluding carboxylic acids is 2. The van der Waals surface area contributed by atoms with Crippen LogP contribution in [0.15, 0.2) is 65.1 Å². The number of rotatable bonds is 7. The van der Waals surface area contributed by atoms with Gasteiger partial charge in [0.25, 0.3) is 5.91 Å². The second kappa shape index (κ2) is 10.3. The van der Waals surface area contributed by atoms with Gasteiger partial charge in [0, 0.05) is 47.0 Å². The van der Waals surface area contributed by atoms with Gasteiger partial charge < -0.3 is 29.9 Å². The molecule has 2 amide bonds. The number of amides is 2. The van der Waals surface area contributed by atoms with Crippen LogP contribution < -0.4 is 25.0 Å². The number of fused-ring (bicyclic) bond motifs is 2. The van der Waals surface area contributed by atoms with Gasteiger partial charge in [0.1, 0.15) is 0 Å².